The number of hydrogen-bond donors (Lipinski definition) is 2. The van der Waals surface area contributed by atoms with E-state index < -0.39 is 0 Å². The van der Waals surface area contributed by atoms with Gasteiger partial charge in [0.05, 0.1) is 0 Å². The molecule has 3 N–H and O–H groups in total. The maximum atomic E-state index is 11.4. The Hall–Kier alpha value is -1.55. The van der Waals surface area contributed by atoms with Crippen LogP contribution in [0.2, 0.25) is 0 Å². The number of ether oxygens (including phenoxy) is 1. The molecule has 1 aromatic rings. The van der Waals surface area contributed by atoms with E-state index in [9.17, 15) is 4.79 Å². The first-order chi connectivity index (χ1) is 9.33. The Bertz CT molecular complexity index is 341. The standard InChI is InChI=1S/C15H24N2O2/c16-11-7-2-1-3-8-12-17-15(18)19-13-14-9-5-4-6-10-14/h4-6,9-10H,1-3,7-8,11-13,16H2,(H,17,18). The van der Waals surface area contributed by atoms with Gasteiger partial charge in [-0.15, -0.1) is 0 Å². The van der Waals surface area contributed by atoms with Gasteiger partial charge in [0, 0.05) is 6.54 Å². The second kappa shape index (κ2) is 10.4. The number of carbonyl (C=O) groups excluding carboxylic acids is 1. The lowest BCUT2D eigenvalue weighted by Crippen LogP contribution is -2.25. The number of unbranched alkanes of at least 4 members (excludes halogenated alkanes) is 4. The van der Waals surface area contributed by atoms with Gasteiger partial charge in [-0.3, -0.25) is 0 Å². The maximum absolute atomic E-state index is 11.4. The topological polar surface area (TPSA) is 64.3 Å². The van der Waals surface area contributed by atoms with Crippen LogP contribution in [0.4, 0.5) is 4.79 Å². The minimum absolute atomic E-state index is 0.323. The lowest BCUT2D eigenvalue weighted by atomic mass is 10.1. The summed E-state index contributed by atoms with van der Waals surface area (Å²) in [5.41, 5.74) is 6.42. The van der Waals surface area contributed by atoms with Crippen molar-refractivity contribution < 1.29 is 9.53 Å². The average molecular weight is 264 g/mol. The number of benzene rings is 1. The molecule has 0 spiro atoms. The first kappa shape index (κ1) is 15.5. The van der Waals surface area contributed by atoms with Crippen molar-refractivity contribution in [1.29, 1.82) is 0 Å². The fourth-order valence-electron chi connectivity index (χ4n) is 1.76. The van der Waals surface area contributed by atoms with Crippen molar-refractivity contribution in [2.24, 2.45) is 5.73 Å². The van der Waals surface area contributed by atoms with Crippen molar-refractivity contribution in [3.63, 3.8) is 0 Å². The Kier molecular flexibility index (Phi) is 8.47. The van der Waals surface area contributed by atoms with Gasteiger partial charge in [0.1, 0.15) is 6.61 Å². The van der Waals surface area contributed by atoms with Gasteiger partial charge >= 0.3 is 6.09 Å². The summed E-state index contributed by atoms with van der Waals surface area (Å²) in [6, 6.07) is 9.67. The van der Waals surface area contributed by atoms with Crippen LogP contribution in [-0.4, -0.2) is 19.2 Å². The second-order valence-corrected chi connectivity index (χ2v) is 4.54. The molecule has 0 saturated heterocycles. The number of alkyl carbamates (subject to hydrolysis) is 1. The van der Waals surface area contributed by atoms with Crippen LogP contribution < -0.4 is 11.1 Å². The summed E-state index contributed by atoms with van der Waals surface area (Å²) in [6.07, 6.45) is 5.22. The van der Waals surface area contributed by atoms with E-state index in [-0.39, 0.29) is 6.09 Å². The summed E-state index contributed by atoms with van der Waals surface area (Å²) in [4.78, 5) is 11.4. The molecule has 4 nitrogen and oxygen atoms in total. The Labute approximate surface area is 115 Å². The Morgan fingerprint density at radius 2 is 1.74 bits per heavy atom. The molecule has 1 rings (SSSR count). The predicted octanol–water partition coefficient (Wildman–Crippen LogP) is 2.82. The van der Waals surface area contributed by atoms with Crippen LogP contribution in [0.3, 0.4) is 0 Å². The van der Waals surface area contributed by atoms with Crippen LogP contribution >= 0.6 is 0 Å². The van der Waals surface area contributed by atoms with E-state index in [1.165, 1.54) is 12.8 Å². The van der Waals surface area contributed by atoms with Crippen molar-refractivity contribution >= 4 is 6.09 Å². The minimum Gasteiger partial charge on any atom is -0.445 e. The van der Waals surface area contributed by atoms with E-state index in [1.807, 2.05) is 30.3 Å². The summed E-state index contributed by atoms with van der Waals surface area (Å²) in [6.45, 7) is 1.77. The molecular formula is C15H24N2O2. The molecule has 0 heterocycles. The third-order valence-electron chi connectivity index (χ3n) is 2.86. The first-order valence-electron chi connectivity index (χ1n) is 6.97. The molecule has 19 heavy (non-hydrogen) atoms. The quantitative estimate of drug-likeness (QED) is 0.674. The summed E-state index contributed by atoms with van der Waals surface area (Å²) in [7, 11) is 0. The van der Waals surface area contributed by atoms with Crippen molar-refractivity contribution in [3.8, 4) is 0 Å². The molecule has 0 bridgehead atoms. The van der Waals surface area contributed by atoms with Crippen molar-refractivity contribution in [1.82, 2.24) is 5.32 Å². The van der Waals surface area contributed by atoms with Crippen LogP contribution in [0.15, 0.2) is 30.3 Å². The number of rotatable bonds is 9. The molecule has 0 aliphatic carbocycles. The van der Waals surface area contributed by atoms with E-state index in [0.717, 1.165) is 31.4 Å². The summed E-state index contributed by atoms with van der Waals surface area (Å²) < 4.78 is 5.11. The van der Waals surface area contributed by atoms with Crippen LogP contribution in [0.5, 0.6) is 0 Å². The van der Waals surface area contributed by atoms with Gasteiger partial charge in [-0.1, -0.05) is 49.6 Å². The van der Waals surface area contributed by atoms with Gasteiger partial charge in [-0.05, 0) is 24.9 Å². The first-order valence-corrected chi connectivity index (χ1v) is 6.97. The molecule has 0 radical (unpaired) electrons. The van der Waals surface area contributed by atoms with Gasteiger partial charge in [0.2, 0.25) is 0 Å². The van der Waals surface area contributed by atoms with Crippen LogP contribution in [-0.2, 0) is 11.3 Å². The maximum Gasteiger partial charge on any atom is 0.407 e. The summed E-state index contributed by atoms with van der Waals surface area (Å²) >= 11 is 0. The third-order valence-corrected chi connectivity index (χ3v) is 2.86. The van der Waals surface area contributed by atoms with Crippen LogP contribution in [0.1, 0.15) is 37.7 Å². The van der Waals surface area contributed by atoms with Gasteiger partial charge in [0.25, 0.3) is 0 Å². The molecule has 0 aliphatic heterocycles. The van der Waals surface area contributed by atoms with Gasteiger partial charge < -0.3 is 15.8 Å². The van der Waals surface area contributed by atoms with Gasteiger partial charge in [0.15, 0.2) is 0 Å². The summed E-state index contributed by atoms with van der Waals surface area (Å²) in [5.74, 6) is 0. The zero-order chi connectivity index (χ0) is 13.8. The number of carbonyl (C=O) groups is 1. The Morgan fingerprint density at radius 3 is 2.47 bits per heavy atom. The zero-order valence-corrected chi connectivity index (χ0v) is 11.4. The largest absolute Gasteiger partial charge is 0.445 e. The van der Waals surface area contributed by atoms with Crippen molar-refractivity contribution in [2.75, 3.05) is 13.1 Å². The number of nitrogens with two attached hydrogens (primary N) is 1. The van der Waals surface area contributed by atoms with Gasteiger partial charge in [-0.25, -0.2) is 4.79 Å². The molecule has 0 fully saturated rings. The molecule has 106 valence electrons. The van der Waals surface area contributed by atoms with Crippen LogP contribution in [0.25, 0.3) is 0 Å². The van der Waals surface area contributed by atoms with E-state index in [2.05, 4.69) is 5.32 Å². The number of amides is 1. The van der Waals surface area contributed by atoms with Gasteiger partial charge in [-0.2, -0.15) is 0 Å². The summed E-state index contributed by atoms with van der Waals surface area (Å²) in [5, 5.41) is 2.76. The SMILES string of the molecule is NCCCCCCCNC(=O)OCc1ccccc1. The van der Waals surface area contributed by atoms with E-state index in [0.29, 0.717) is 13.2 Å². The number of nitrogens with one attached hydrogen (secondary N) is 1. The predicted molar refractivity (Wildman–Crippen MR) is 76.8 cm³/mol. The zero-order valence-electron chi connectivity index (χ0n) is 11.4. The van der Waals surface area contributed by atoms with E-state index in [4.69, 9.17) is 10.5 Å². The van der Waals surface area contributed by atoms with E-state index >= 15 is 0 Å². The molecule has 0 aromatic heterocycles. The van der Waals surface area contributed by atoms with E-state index in [1.54, 1.807) is 0 Å². The molecule has 4 heteroatoms. The molecule has 1 amide bonds. The fourth-order valence-corrected chi connectivity index (χ4v) is 1.76. The fraction of sp³-hybridized carbons (Fsp3) is 0.533. The lowest BCUT2D eigenvalue weighted by Gasteiger charge is -2.07. The normalized spacial score (nSPS) is 10.2. The molecule has 0 aliphatic rings. The molecule has 0 unspecified atom stereocenters. The highest BCUT2D eigenvalue weighted by Gasteiger charge is 2.01. The Balaban J connectivity index is 1.96. The molecule has 0 saturated carbocycles. The minimum atomic E-state index is -0.342. The molecule has 1 aromatic carbocycles. The van der Waals surface area contributed by atoms with Crippen molar-refractivity contribution in [3.05, 3.63) is 35.9 Å². The lowest BCUT2D eigenvalue weighted by molar-refractivity contribution is 0.139. The Morgan fingerprint density at radius 1 is 1.05 bits per heavy atom. The van der Waals surface area contributed by atoms with Crippen molar-refractivity contribution in [2.45, 2.75) is 38.7 Å². The highest BCUT2D eigenvalue weighted by Crippen LogP contribution is 2.02. The van der Waals surface area contributed by atoms with Crippen LogP contribution in [0, 0.1) is 0 Å². The second-order valence-electron chi connectivity index (χ2n) is 4.54. The molecule has 0 atom stereocenters. The molecular weight excluding hydrogens is 240 g/mol. The highest BCUT2D eigenvalue weighted by atomic mass is 16.5. The highest BCUT2D eigenvalue weighted by molar-refractivity contribution is 5.67. The smallest absolute Gasteiger partial charge is 0.407 e. The third kappa shape index (κ3) is 8.21. The number of hydrogen-bond acceptors (Lipinski definition) is 3. The monoisotopic (exact) mass is 264 g/mol. The average Bonchev–Trinajstić information content (AvgIpc) is 2.45.